The Morgan fingerprint density at radius 1 is 1.20 bits per heavy atom. The Balaban J connectivity index is 2.15. The lowest BCUT2D eigenvalue weighted by Gasteiger charge is -2.27. The molecule has 2 rings (SSSR count). The molecule has 0 bridgehead atoms. The van der Waals surface area contributed by atoms with Crippen molar-refractivity contribution in [3.05, 3.63) is 47.2 Å². The van der Waals surface area contributed by atoms with Gasteiger partial charge in [0.15, 0.2) is 11.6 Å². The highest BCUT2D eigenvalue weighted by Gasteiger charge is 2.24. The molecule has 0 spiro atoms. The number of benzene rings is 1. The highest BCUT2D eigenvalue weighted by molar-refractivity contribution is 5.29. The van der Waals surface area contributed by atoms with Crippen molar-refractivity contribution in [2.45, 2.75) is 52.1 Å². The molecular weight excluding hydrogens is 258 g/mol. The van der Waals surface area contributed by atoms with E-state index < -0.39 is 11.6 Å². The Bertz CT molecular complexity index is 488. The van der Waals surface area contributed by atoms with Crippen LogP contribution in [0.15, 0.2) is 24.5 Å². The highest BCUT2D eigenvalue weighted by Crippen LogP contribution is 2.37. The van der Waals surface area contributed by atoms with E-state index in [1.54, 1.807) is 19.1 Å². The van der Waals surface area contributed by atoms with Gasteiger partial charge in [-0.2, -0.15) is 0 Å². The number of halogens is 2. The van der Waals surface area contributed by atoms with Crippen molar-refractivity contribution in [3.63, 3.8) is 0 Å². The maximum Gasteiger partial charge on any atom is 0.165 e. The summed E-state index contributed by atoms with van der Waals surface area (Å²) < 4.78 is 33.4. The van der Waals surface area contributed by atoms with Crippen molar-refractivity contribution >= 4 is 0 Å². The van der Waals surface area contributed by atoms with Crippen molar-refractivity contribution in [3.8, 4) is 0 Å². The number of allylic oxidation sites excluding steroid dienone is 1. The quantitative estimate of drug-likeness (QED) is 0.679. The molecule has 1 fully saturated rings. The molecule has 0 saturated heterocycles. The van der Waals surface area contributed by atoms with Gasteiger partial charge in [0, 0.05) is 5.56 Å². The Labute approximate surface area is 119 Å². The number of hydrogen-bond donors (Lipinski definition) is 0. The van der Waals surface area contributed by atoms with Gasteiger partial charge in [-0.05, 0) is 37.2 Å². The summed E-state index contributed by atoms with van der Waals surface area (Å²) >= 11 is 0. The van der Waals surface area contributed by atoms with Gasteiger partial charge in [0.1, 0.15) is 6.61 Å². The molecule has 1 aromatic carbocycles. The molecule has 3 heteroatoms. The van der Waals surface area contributed by atoms with Crippen LogP contribution in [-0.2, 0) is 11.3 Å². The molecule has 1 nitrogen and oxygen atoms in total. The fourth-order valence-electron chi connectivity index (χ4n) is 2.80. The Kier molecular flexibility index (Phi) is 4.79. The minimum Gasteiger partial charge on any atom is -0.494 e. The minimum atomic E-state index is -0.776. The van der Waals surface area contributed by atoms with Gasteiger partial charge in [0.2, 0.25) is 0 Å². The van der Waals surface area contributed by atoms with Gasteiger partial charge < -0.3 is 4.74 Å². The van der Waals surface area contributed by atoms with E-state index in [0.29, 0.717) is 17.2 Å². The van der Waals surface area contributed by atoms with Gasteiger partial charge in [-0.1, -0.05) is 38.5 Å². The third kappa shape index (κ3) is 3.38. The topological polar surface area (TPSA) is 9.23 Å². The summed E-state index contributed by atoms with van der Waals surface area (Å²) in [5.74, 6) is -0.135. The van der Waals surface area contributed by atoms with Crippen LogP contribution in [0.25, 0.3) is 0 Å². The molecule has 1 aliphatic carbocycles. The summed E-state index contributed by atoms with van der Waals surface area (Å²) in [4.78, 5) is 0. The first-order valence-corrected chi connectivity index (χ1v) is 7.24. The van der Waals surface area contributed by atoms with Crippen LogP contribution in [0.4, 0.5) is 8.78 Å². The van der Waals surface area contributed by atoms with Gasteiger partial charge >= 0.3 is 0 Å². The average Bonchev–Trinajstić information content (AvgIpc) is 2.42. The van der Waals surface area contributed by atoms with Gasteiger partial charge in [0.25, 0.3) is 0 Å². The Morgan fingerprint density at radius 3 is 2.45 bits per heavy atom. The normalized spacial score (nSPS) is 22.6. The second kappa shape index (κ2) is 6.38. The molecule has 1 aliphatic rings. The van der Waals surface area contributed by atoms with Crippen molar-refractivity contribution in [1.29, 1.82) is 0 Å². The van der Waals surface area contributed by atoms with Crippen LogP contribution in [-0.4, -0.2) is 0 Å². The third-order valence-corrected chi connectivity index (χ3v) is 4.12. The van der Waals surface area contributed by atoms with Crippen LogP contribution in [0.3, 0.4) is 0 Å². The monoisotopic (exact) mass is 280 g/mol. The molecule has 1 aromatic rings. The maximum atomic E-state index is 14.2. The lowest BCUT2D eigenvalue weighted by Crippen LogP contribution is -2.13. The SMILES string of the molecule is C=C(C)OCc1ccc(C2CCC(C)CC2)c(F)c1F. The van der Waals surface area contributed by atoms with E-state index in [1.165, 1.54) is 0 Å². The molecular formula is C17H22F2O. The highest BCUT2D eigenvalue weighted by atomic mass is 19.2. The minimum absolute atomic E-state index is 0.0278. The molecule has 0 unspecified atom stereocenters. The van der Waals surface area contributed by atoms with Gasteiger partial charge in [0.05, 0.1) is 5.76 Å². The summed E-state index contributed by atoms with van der Waals surface area (Å²) in [6.45, 7) is 7.51. The maximum absolute atomic E-state index is 14.2. The zero-order valence-electron chi connectivity index (χ0n) is 12.2. The van der Waals surface area contributed by atoms with Crippen molar-refractivity contribution < 1.29 is 13.5 Å². The second-order valence-electron chi connectivity index (χ2n) is 5.89. The number of ether oxygens (including phenoxy) is 1. The smallest absolute Gasteiger partial charge is 0.165 e. The van der Waals surface area contributed by atoms with Gasteiger partial charge in [-0.15, -0.1) is 0 Å². The van der Waals surface area contributed by atoms with Crippen LogP contribution in [0, 0.1) is 17.6 Å². The summed E-state index contributed by atoms with van der Waals surface area (Å²) in [5, 5.41) is 0. The first kappa shape index (κ1) is 15.0. The van der Waals surface area contributed by atoms with Gasteiger partial charge in [-0.3, -0.25) is 0 Å². The van der Waals surface area contributed by atoms with E-state index in [4.69, 9.17) is 4.74 Å². The first-order chi connectivity index (χ1) is 9.49. The molecule has 20 heavy (non-hydrogen) atoms. The molecule has 0 N–H and O–H groups in total. The molecule has 1 saturated carbocycles. The standard InChI is InChI=1S/C17H22F2O/c1-11(2)20-10-14-8-9-15(17(19)16(14)18)13-6-4-12(3)5-7-13/h8-9,12-13H,1,4-7,10H2,2-3H3. The third-order valence-electron chi connectivity index (χ3n) is 4.12. The predicted octanol–water partition coefficient (Wildman–Crippen LogP) is 5.31. The van der Waals surface area contributed by atoms with E-state index in [0.717, 1.165) is 25.7 Å². The van der Waals surface area contributed by atoms with Gasteiger partial charge in [-0.25, -0.2) is 8.78 Å². The van der Waals surface area contributed by atoms with Crippen LogP contribution < -0.4 is 0 Å². The van der Waals surface area contributed by atoms with Crippen LogP contribution in [0.1, 0.15) is 56.6 Å². The zero-order chi connectivity index (χ0) is 14.7. The zero-order valence-corrected chi connectivity index (χ0v) is 12.2. The van der Waals surface area contributed by atoms with Crippen molar-refractivity contribution in [2.24, 2.45) is 5.92 Å². The second-order valence-corrected chi connectivity index (χ2v) is 5.89. The Hall–Kier alpha value is -1.38. The van der Waals surface area contributed by atoms with Crippen molar-refractivity contribution in [2.75, 3.05) is 0 Å². The Morgan fingerprint density at radius 2 is 1.85 bits per heavy atom. The summed E-state index contributed by atoms with van der Waals surface area (Å²) in [6.07, 6.45) is 4.07. The lowest BCUT2D eigenvalue weighted by molar-refractivity contribution is 0.197. The van der Waals surface area contributed by atoms with E-state index >= 15 is 0 Å². The van der Waals surface area contributed by atoms with Crippen LogP contribution in [0.5, 0.6) is 0 Å². The number of hydrogen-bond acceptors (Lipinski definition) is 1. The molecule has 0 aromatic heterocycles. The molecule has 110 valence electrons. The van der Waals surface area contributed by atoms with E-state index in [1.807, 2.05) is 0 Å². The van der Waals surface area contributed by atoms with Crippen molar-refractivity contribution in [1.82, 2.24) is 0 Å². The first-order valence-electron chi connectivity index (χ1n) is 7.24. The molecule has 0 atom stereocenters. The molecule has 0 amide bonds. The fourth-order valence-corrected chi connectivity index (χ4v) is 2.80. The largest absolute Gasteiger partial charge is 0.494 e. The van der Waals surface area contributed by atoms with E-state index in [9.17, 15) is 8.78 Å². The van der Waals surface area contributed by atoms with Crippen LogP contribution >= 0.6 is 0 Å². The summed E-state index contributed by atoms with van der Waals surface area (Å²) in [7, 11) is 0. The van der Waals surface area contributed by atoms with Crippen LogP contribution in [0.2, 0.25) is 0 Å². The summed E-state index contributed by atoms with van der Waals surface area (Å²) in [6, 6.07) is 3.35. The molecule has 0 heterocycles. The molecule has 0 aliphatic heterocycles. The average molecular weight is 280 g/mol. The number of rotatable bonds is 4. The predicted molar refractivity (Wildman–Crippen MR) is 76.3 cm³/mol. The summed E-state index contributed by atoms with van der Waals surface area (Å²) in [5.41, 5.74) is 0.770. The van der Waals surface area contributed by atoms with E-state index in [-0.39, 0.29) is 18.1 Å². The molecule has 0 radical (unpaired) electrons. The fraction of sp³-hybridized carbons (Fsp3) is 0.529. The lowest BCUT2D eigenvalue weighted by atomic mass is 9.79. The van der Waals surface area contributed by atoms with E-state index in [2.05, 4.69) is 13.5 Å².